The van der Waals surface area contributed by atoms with Crippen molar-refractivity contribution in [1.82, 2.24) is 0 Å². The van der Waals surface area contributed by atoms with E-state index in [-0.39, 0.29) is 6.10 Å². The van der Waals surface area contributed by atoms with E-state index in [0.717, 1.165) is 43.3 Å². The molecule has 160 valence electrons. The first-order chi connectivity index (χ1) is 13.4. The van der Waals surface area contributed by atoms with Gasteiger partial charge in [0.2, 0.25) is 0 Å². The van der Waals surface area contributed by atoms with Gasteiger partial charge in [-0.15, -0.1) is 0 Å². The van der Waals surface area contributed by atoms with Crippen molar-refractivity contribution in [3.05, 3.63) is 71.8 Å². The van der Waals surface area contributed by atoms with Crippen LogP contribution in [0.1, 0.15) is 17.5 Å². The Morgan fingerprint density at radius 2 is 1.31 bits per heavy atom. The van der Waals surface area contributed by atoms with Crippen LogP contribution in [0.4, 0.5) is 0 Å². The molecule has 9 heteroatoms. The van der Waals surface area contributed by atoms with Crippen LogP contribution in [0.5, 0.6) is 0 Å². The van der Waals surface area contributed by atoms with Crippen LogP contribution in [0.15, 0.2) is 60.7 Å². The summed E-state index contributed by atoms with van der Waals surface area (Å²) in [4.78, 5) is 0. The SMILES string of the molecule is CS(=O)(=O)O[C@@H]1CC[N+](Cc2ccccc2)(Cc2ccccc2)C1.CS(=O)(=O)[O-]. The number of rotatable bonds is 6. The summed E-state index contributed by atoms with van der Waals surface area (Å²) in [6.45, 7) is 3.42. The lowest BCUT2D eigenvalue weighted by Gasteiger charge is -2.35. The zero-order valence-electron chi connectivity index (χ0n) is 16.6. The van der Waals surface area contributed by atoms with Gasteiger partial charge in [-0.05, 0) is 0 Å². The lowest BCUT2D eigenvalue weighted by molar-refractivity contribution is -0.943. The van der Waals surface area contributed by atoms with E-state index >= 15 is 0 Å². The van der Waals surface area contributed by atoms with E-state index in [2.05, 4.69) is 48.5 Å². The normalized spacial score (nSPS) is 18.7. The van der Waals surface area contributed by atoms with Crippen molar-refractivity contribution in [3.8, 4) is 0 Å². The molecule has 0 amide bonds. The standard InChI is InChI=1S/C19H24NO3S.CH4O3S/c1-24(21,22)23-19-12-13-20(16-19,14-17-8-4-2-5-9-17)15-18-10-6-3-7-11-18;1-5(2,3)4/h2-11,19H,12-16H2,1H3;1H3,(H,2,3,4)/q+1;/p-1/t19-;/m1./s1. The van der Waals surface area contributed by atoms with Crippen LogP contribution in [0.3, 0.4) is 0 Å². The van der Waals surface area contributed by atoms with Gasteiger partial charge in [-0.2, -0.15) is 8.42 Å². The molecule has 29 heavy (non-hydrogen) atoms. The lowest BCUT2D eigenvalue weighted by atomic mass is 10.1. The van der Waals surface area contributed by atoms with Crippen molar-refractivity contribution in [1.29, 1.82) is 0 Å². The fourth-order valence-corrected chi connectivity index (χ4v) is 4.29. The molecule has 0 spiro atoms. The Labute approximate surface area is 173 Å². The Morgan fingerprint density at radius 3 is 1.69 bits per heavy atom. The molecule has 1 aliphatic rings. The van der Waals surface area contributed by atoms with Crippen molar-refractivity contribution in [2.45, 2.75) is 25.6 Å². The Kier molecular flexibility index (Phi) is 7.95. The third-order valence-corrected chi connectivity index (χ3v) is 5.17. The molecule has 0 saturated carbocycles. The fourth-order valence-electron chi connectivity index (χ4n) is 3.64. The summed E-state index contributed by atoms with van der Waals surface area (Å²) in [6, 6.07) is 20.8. The third-order valence-electron chi connectivity index (χ3n) is 4.55. The van der Waals surface area contributed by atoms with Crippen molar-refractivity contribution < 1.29 is 30.1 Å². The molecule has 3 rings (SSSR count). The molecule has 1 atom stereocenters. The fraction of sp³-hybridized carbons (Fsp3) is 0.400. The molecule has 0 radical (unpaired) electrons. The molecule has 1 aliphatic heterocycles. The largest absolute Gasteiger partial charge is 0.748 e. The second kappa shape index (κ2) is 9.82. The average molecular weight is 442 g/mol. The molecule has 1 fully saturated rings. The molecule has 2 aromatic rings. The first-order valence-corrected chi connectivity index (χ1v) is 12.8. The Hall–Kier alpha value is -1.78. The first kappa shape index (κ1) is 23.5. The minimum absolute atomic E-state index is 0.229. The minimum atomic E-state index is -3.92. The van der Waals surface area contributed by atoms with Gasteiger partial charge in [0, 0.05) is 23.8 Å². The average Bonchev–Trinajstić information content (AvgIpc) is 2.95. The number of hydrogen-bond donors (Lipinski definition) is 0. The smallest absolute Gasteiger partial charge is 0.264 e. The molecule has 0 aromatic heterocycles. The quantitative estimate of drug-likeness (QED) is 0.387. The van der Waals surface area contributed by atoms with Gasteiger partial charge >= 0.3 is 0 Å². The summed E-state index contributed by atoms with van der Waals surface area (Å²) in [7, 11) is -7.33. The number of benzene rings is 2. The molecule has 7 nitrogen and oxygen atoms in total. The first-order valence-electron chi connectivity index (χ1n) is 9.16. The van der Waals surface area contributed by atoms with E-state index in [0.29, 0.717) is 6.26 Å². The van der Waals surface area contributed by atoms with Crippen molar-refractivity contribution in [2.24, 2.45) is 0 Å². The lowest BCUT2D eigenvalue weighted by Crippen LogP contribution is -2.45. The summed E-state index contributed by atoms with van der Waals surface area (Å²) in [5.41, 5.74) is 2.54. The van der Waals surface area contributed by atoms with Gasteiger partial charge < -0.3 is 9.04 Å². The van der Waals surface area contributed by atoms with Crippen LogP contribution < -0.4 is 0 Å². The molecular formula is C20H27NO6S2. The van der Waals surface area contributed by atoms with Gasteiger partial charge in [-0.3, -0.25) is 4.18 Å². The van der Waals surface area contributed by atoms with Crippen molar-refractivity contribution in [2.75, 3.05) is 25.6 Å². The number of nitrogens with zero attached hydrogens (tertiary/aromatic N) is 1. The van der Waals surface area contributed by atoms with Gasteiger partial charge in [0.15, 0.2) is 0 Å². The monoisotopic (exact) mass is 441 g/mol. The van der Waals surface area contributed by atoms with Crippen LogP contribution in [0, 0.1) is 0 Å². The molecule has 2 aromatic carbocycles. The predicted molar refractivity (Wildman–Crippen MR) is 110 cm³/mol. The molecular weight excluding hydrogens is 414 g/mol. The molecule has 0 N–H and O–H groups in total. The van der Waals surface area contributed by atoms with E-state index in [1.807, 2.05) is 12.1 Å². The minimum Gasteiger partial charge on any atom is -0.748 e. The van der Waals surface area contributed by atoms with E-state index in [9.17, 15) is 8.42 Å². The van der Waals surface area contributed by atoms with Crippen molar-refractivity contribution >= 4 is 20.2 Å². The molecule has 1 saturated heterocycles. The second-order valence-electron chi connectivity index (χ2n) is 7.45. The highest BCUT2D eigenvalue weighted by atomic mass is 32.2. The van der Waals surface area contributed by atoms with E-state index in [1.54, 1.807) is 0 Å². The number of likely N-dealkylation sites (tertiary alicyclic amines) is 1. The van der Waals surface area contributed by atoms with Gasteiger partial charge in [0.1, 0.15) is 25.7 Å². The third kappa shape index (κ3) is 9.51. The number of hydrogen-bond acceptors (Lipinski definition) is 6. The maximum absolute atomic E-state index is 11.5. The molecule has 0 bridgehead atoms. The van der Waals surface area contributed by atoms with Crippen LogP contribution in [0.2, 0.25) is 0 Å². The summed E-state index contributed by atoms with van der Waals surface area (Å²) in [5, 5.41) is 0. The Morgan fingerprint density at radius 1 is 0.897 bits per heavy atom. The molecule has 0 unspecified atom stereocenters. The zero-order valence-corrected chi connectivity index (χ0v) is 18.2. The van der Waals surface area contributed by atoms with Gasteiger partial charge in [-0.1, -0.05) is 60.7 Å². The Balaban J connectivity index is 0.000000537. The van der Waals surface area contributed by atoms with Crippen LogP contribution >= 0.6 is 0 Å². The number of quaternary nitrogens is 1. The highest BCUT2D eigenvalue weighted by molar-refractivity contribution is 7.86. The van der Waals surface area contributed by atoms with E-state index in [1.165, 1.54) is 11.1 Å². The van der Waals surface area contributed by atoms with Gasteiger partial charge in [0.25, 0.3) is 10.1 Å². The van der Waals surface area contributed by atoms with E-state index in [4.69, 9.17) is 17.2 Å². The predicted octanol–water partition coefficient (Wildman–Crippen LogP) is 2.11. The van der Waals surface area contributed by atoms with Crippen LogP contribution in [0.25, 0.3) is 0 Å². The Bertz CT molecular complexity index is 927. The summed E-state index contributed by atoms with van der Waals surface area (Å²) in [5.74, 6) is 0. The highest BCUT2D eigenvalue weighted by Crippen LogP contribution is 2.29. The van der Waals surface area contributed by atoms with Gasteiger partial charge in [-0.25, -0.2) is 8.42 Å². The van der Waals surface area contributed by atoms with Crippen LogP contribution in [-0.2, 0) is 37.5 Å². The maximum Gasteiger partial charge on any atom is 0.264 e. The zero-order chi connectivity index (χ0) is 21.5. The van der Waals surface area contributed by atoms with Crippen molar-refractivity contribution in [3.63, 3.8) is 0 Å². The summed E-state index contributed by atoms with van der Waals surface area (Å²) < 4.78 is 56.3. The van der Waals surface area contributed by atoms with Gasteiger partial charge in [0.05, 0.1) is 22.9 Å². The van der Waals surface area contributed by atoms with E-state index < -0.39 is 20.2 Å². The van der Waals surface area contributed by atoms with Crippen LogP contribution in [-0.4, -0.2) is 57.6 Å². The highest BCUT2D eigenvalue weighted by Gasteiger charge is 2.40. The summed E-state index contributed by atoms with van der Waals surface area (Å²) in [6.07, 6.45) is 2.28. The molecule has 1 heterocycles. The topological polar surface area (TPSA) is 101 Å². The second-order valence-corrected chi connectivity index (χ2v) is 10.5. The molecule has 0 aliphatic carbocycles. The maximum atomic E-state index is 11.5. The summed E-state index contributed by atoms with van der Waals surface area (Å²) >= 11 is 0.